The first-order valence-corrected chi connectivity index (χ1v) is 4.80. The molecular formula is C11H10ClNO2. The van der Waals surface area contributed by atoms with Crippen molar-refractivity contribution >= 4 is 22.5 Å². The van der Waals surface area contributed by atoms with Gasteiger partial charge in [0.2, 0.25) is 0 Å². The Balaban J connectivity index is 2.74. The summed E-state index contributed by atoms with van der Waals surface area (Å²) in [5, 5.41) is 1.38. The van der Waals surface area contributed by atoms with E-state index >= 15 is 0 Å². The Bertz CT molecular complexity index is 499. The Labute approximate surface area is 92.6 Å². The second-order valence-corrected chi connectivity index (χ2v) is 3.42. The molecule has 0 N–H and O–H groups in total. The van der Waals surface area contributed by atoms with Crippen LogP contribution < -0.4 is 9.47 Å². The number of pyridine rings is 1. The quantitative estimate of drug-likeness (QED) is 0.734. The molecule has 1 aromatic heterocycles. The Kier molecular flexibility index (Phi) is 2.64. The van der Waals surface area contributed by atoms with Crippen molar-refractivity contribution in [2.75, 3.05) is 14.2 Å². The van der Waals surface area contributed by atoms with Crippen molar-refractivity contribution in [3.8, 4) is 11.5 Å². The topological polar surface area (TPSA) is 31.4 Å². The van der Waals surface area contributed by atoms with Gasteiger partial charge in [0.15, 0.2) is 0 Å². The maximum atomic E-state index is 5.82. The highest BCUT2D eigenvalue weighted by atomic mass is 35.5. The monoisotopic (exact) mass is 223 g/mol. The molecule has 0 spiro atoms. The molecule has 1 aromatic carbocycles. The number of ether oxygens (including phenoxy) is 2. The van der Waals surface area contributed by atoms with E-state index < -0.39 is 0 Å². The van der Waals surface area contributed by atoms with Crippen molar-refractivity contribution in [1.29, 1.82) is 0 Å². The van der Waals surface area contributed by atoms with E-state index in [-0.39, 0.29) is 0 Å². The fourth-order valence-electron chi connectivity index (χ4n) is 1.44. The third kappa shape index (κ3) is 1.83. The molecule has 0 radical (unpaired) electrons. The van der Waals surface area contributed by atoms with Gasteiger partial charge in [-0.2, -0.15) is 0 Å². The minimum Gasteiger partial charge on any atom is -0.497 e. The summed E-state index contributed by atoms with van der Waals surface area (Å²) in [5.74, 6) is 1.43. The zero-order valence-corrected chi connectivity index (χ0v) is 9.21. The largest absolute Gasteiger partial charge is 0.497 e. The number of methoxy groups -OCH3 is 2. The number of rotatable bonds is 2. The van der Waals surface area contributed by atoms with E-state index in [9.17, 15) is 0 Å². The molecule has 4 heteroatoms. The van der Waals surface area contributed by atoms with Crippen LogP contribution in [0.15, 0.2) is 24.3 Å². The van der Waals surface area contributed by atoms with Gasteiger partial charge in [-0.15, -0.1) is 0 Å². The van der Waals surface area contributed by atoms with Crippen LogP contribution in [-0.4, -0.2) is 19.2 Å². The summed E-state index contributed by atoms with van der Waals surface area (Å²) in [6, 6.07) is 7.25. The first-order valence-electron chi connectivity index (χ1n) is 4.43. The number of nitrogens with zero attached hydrogens (tertiary/aromatic N) is 1. The third-order valence-corrected chi connectivity index (χ3v) is 2.37. The summed E-state index contributed by atoms with van der Waals surface area (Å²) in [6.07, 6.45) is 0. The lowest BCUT2D eigenvalue weighted by Gasteiger charge is -2.07. The average Bonchev–Trinajstić information content (AvgIpc) is 2.26. The molecule has 0 aliphatic heterocycles. The molecule has 2 aromatic rings. The second kappa shape index (κ2) is 3.95. The zero-order chi connectivity index (χ0) is 10.8. The normalized spacial score (nSPS) is 10.3. The van der Waals surface area contributed by atoms with Crippen LogP contribution >= 0.6 is 11.6 Å². The summed E-state index contributed by atoms with van der Waals surface area (Å²) in [6.45, 7) is 0. The highest BCUT2D eigenvalue weighted by Gasteiger charge is 2.06. The van der Waals surface area contributed by atoms with E-state index in [1.165, 1.54) is 0 Å². The van der Waals surface area contributed by atoms with Crippen molar-refractivity contribution in [1.82, 2.24) is 4.98 Å². The van der Waals surface area contributed by atoms with E-state index in [0.29, 0.717) is 10.9 Å². The molecule has 2 rings (SSSR count). The number of halogens is 1. The molecule has 1 heterocycles. The van der Waals surface area contributed by atoms with Gasteiger partial charge in [-0.1, -0.05) is 11.6 Å². The first-order chi connectivity index (χ1) is 7.24. The van der Waals surface area contributed by atoms with Crippen molar-refractivity contribution < 1.29 is 9.47 Å². The molecule has 0 unspecified atom stereocenters. The number of hydrogen-bond donors (Lipinski definition) is 0. The van der Waals surface area contributed by atoms with Gasteiger partial charge in [0.05, 0.1) is 19.7 Å². The summed E-state index contributed by atoms with van der Waals surface area (Å²) in [5.41, 5.74) is 0.763. The predicted molar refractivity (Wildman–Crippen MR) is 59.9 cm³/mol. The lowest BCUT2D eigenvalue weighted by Crippen LogP contribution is -1.90. The maximum Gasteiger partial charge on any atom is 0.131 e. The molecular weight excluding hydrogens is 214 g/mol. The van der Waals surface area contributed by atoms with Gasteiger partial charge in [0.1, 0.15) is 16.7 Å². The minimum absolute atomic E-state index is 0.456. The molecule has 0 bridgehead atoms. The van der Waals surface area contributed by atoms with Crippen molar-refractivity contribution in [3.63, 3.8) is 0 Å². The van der Waals surface area contributed by atoms with Gasteiger partial charge in [-0.25, -0.2) is 4.98 Å². The summed E-state index contributed by atoms with van der Waals surface area (Å²) in [4.78, 5) is 4.20. The van der Waals surface area contributed by atoms with Crippen LogP contribution in [0.1, 0.15) is 0 Å². The minimum atomic E-state index is 0.456. The molecule has 78 valence electrons. The van der Waals surface area contributed by atoms with Crippen LogP contribution in [0.2, 0.25) is 5.15 Å². The highest BCUT2D eigenvalue weighted by molar-refractivity contribution is 6.29. The van der Waals surface area contributed by atoms with Crippen LogP contribution in [-0.2, 0) is 0 Å². The smallest absolute Gasteiger partial charge is 0.131 e. The van der Waals surface area contributed by atoms with E-state index in [4.69, 9.17) is 21.1 Å². The fourth-order valence-corrected chi connectivity index (χ4v) is 1.59. The summed E-state index contributed by atoms with van der Waals surface area (Å²) in [7, 11) is 3.22. The molecule has 0 saturated heterocycles. The number of fused-ring (bicyclic) bond motifs is 1. The maximum absolute atomic E-state index is 5.82. The Morgan fingerprint density at radius 3 is 2.60 bits per heavy atom. The number of benzene rings is 1. The van der Waals surface area contributed by atoms with Crippen LogP contribution in [0, 0.1) is 0 Å². The van der Waals surface area contributed by atoms with Crippen molar-refractivity contribution in [2.45, 2.75) is 0 Å². The van der Waals surface area contributed by atoms with Gasteiger partial charge in [0, 0.05) is 17.5 Å². The van der Waals surface area contributed by atoms with E-state index in [1.54, 1.807) is 20.3 Å². The van der Waals surface area contributed by atoms with Gasteiger partial charge in [0.25, 0.3) is 0 Å². The van der Waals surface area contributed by atoms with Crippen molar-refractivity contribution in [2.24, 2.45) is 0 Å². The van der Waals surface area contributed by atoms with Crippen LogP contribution in [0.3, 0.4) is 0 Å². The second-order valence-electron chi connectivity index (χ2n) is 3.03. The van der Waals surface area contributed by atoms with Gasteiger partial charge >= 0.3 is 0 Å². The summed E-state index contributed by atoms with van der Waals surface area (Å²) >= 11 is 5.82. The Morgan fingerprint density at radius 2 is 1.93 bits per heavy atom. The lowest BCUT2D eigenvalue weighted by molar-refractivity contribution is 0.398. The lowest BCUT2D eigenvalue weighted by atomic mass is 10.2. The SMILES string of the molecule is COc1cc(OC)c2ccc(Cl)nc2c1. The number of aromatic nitrogens is 1. The fraction of sp³-hybridized carbons (Fsp3) is 0.182. The molecule has 0 aliphatic carbocycles. The molecule has 0 atom stereocenters. The van der Waals surface area contributed by atoms with Crippen LogP contribution in [0.4, 0.5) is 0 Å². The third-order valence-electron chi connectivity index (χ3n) is 2.16. The van der Waals surface area contributed by atoms with Gasteiger partial charge in [-0.3, -0.25) is 0 Å². The molecule has 0 amide bonds. The zero-order valence-electron chi connectivity index (χ0n) is 8.45. The molecule has 3 nitrogen and oxygen atoms in total. The molecule has 15 heavy (non-hydrogen) atoms. The van der Waals surface area contributed by atoms with Crippen LogP contribution in [0.25, 0.3) is 10.9 Å². The van der Waals surface area contributed by atoms with E-state index in [2.05, 4.69) is 4.98 Å². The number of hydrogen-bond acceptors (Lipinski definition) is 3. The van der Waals surface area contributed by atoms with E-state index in [1.807, 2.05) is 18.2 Å². The summed E-state index contributed by atoms with van der Waals surface area (Å²) < 4.78 is 10.4. The van der Waals surface area contributed by atoms with Gasteiger partial charge < -0.3 is 9.47 Å². The molecule has 0 fully saturated rings. The first kappa shape index (κ1) is 10.1. The average molecular weight is 224 g/mol. The predicted octanol–water partition coefficient (Wildman–Crippen LogP) is 2.91. The Morgan fingerprint density at radius 1 is 1.13 bits per heavy atom. The highest BCUT2D eigenvalue weighted by Crippen LogP contribution is 2.30. The van der Waals surface area contributed by atoms with Crippen LogP contribution in [0.5, 0.6) is 11.5 Å². The van der Waals surface area contributed by atoms with Crippen molar-refractivity contribution in [3.05, 3.63) is 29.4 Å². The van der Waals surface area contributed by atoms with Gasteiger partial charge in [-0.05, 0) is 12.1 Å². The molecule has 0 saturated carbocycles. The molecule has 0 aliphatic rings. The standard InChI is InChI=1S/C11H10ClNO2/c1-14-7-5-9-8(10(6-7)15-2)3-4-11(12)13-9/h3-6H,1-2H3. The van der Waals surface area contributed by atoms with E-state index in [0.717, 1.165) is 16.7 Å². The Hall–Kier alpha value is -1.48.